The van der Waals surface area contributed by atoms with E-state index in [1.165, 1.54) is 4.57 Å². The Morgan fingerprint density at radius 1 is 1.08 bits per heavy atom. The van der Waals surface area contributed by atoms with Crippen molar-refractivity contribution in [2.75, 3.05) is 0 Å². The molecule has 1 saturated carbocycles. The van der Waals surface area contributed by atoms with E-state index in [4.69, 9.17) is 0 Å². The molecule has 1 fully saturated rings. The first-order valence-corrected chi connectivity index (χ1v) is 13.3. The van der Waals surface area contributed by atoms with Crippen LogP contribution in [0.5, 0.6) is 0 Å². The molecule has 13 heteroatoms. The van der Waals surface area contributed by atoms with Gasteiger partial charge >= 0.3 is 12.4 Å². The average molecular weight is 566 g/mol. The predicted octanol–water partition coefficient (Wildman–Crippen LogP) is 6.98. The Labute approximate surface area is 215 Å². The molecule has 1 aromatic carbocycles. The van der Waals surface area contributed by atoms with Gasteiger partial charge in [-0.2, -0.15) is 31.1 Å². The number of fused-ring (bicyclic) bond motifs is 1. The summed E-state index contributed by atoms with van der Waals surface area (Å²) in [5.41, 5.74) is -3.21. The van der Waals surface area contributed by atoms with E-state index >= 15 is 4.39 Å². The van der Waals surface area contributed by atoms with Gasteiger partial charge in [0.25, 0.3) is 0 Å². The van der Waals surface area contributed by atoms with Crippen LogP contribution in [0.3, 0.4) is 0 Å². The first kappa shape index (κ1) is 28.3. The third-order valence-electron chi connectivity index (χ3n) is 6.47. The van der Waals surface area contributed by atoms with Gasteiger partial charge in [-0.3, -0.25) is 4.98 Å². The lowest BCUT2D eigenvalue weighted by atomic mass is 9.96. The van der Waals surface area contributed by atoms with Crippen molar-refractivity contribution in [3.05, 3.63) is 53.7 Å². The fourth-order valence-electron chi connectivity index (χ4n) is 4.52. The van der Waals surface area contributed by atoms with Crippen LogP contribution in [0.25, 0.3) is 22.0 Å². The maximum atomic E-state index is 15.4. The standard InChI is InChI=1S/C25H26F7N3O2S/c1-23(2,3)13-35-12-18(22(25(30,31)32)34-38(36,37)14-5-4-6-14)16-9-20(26)15(10-21(16)35)17-11-33-8-7-19(17)24(27,28)29/h7-12,14,22,34H,4-6,13H2,1-3H3/t22-/m0/s1. The van der Waals surface area contributed by atoms with Crippen molar-refractivity contribution in [3.8, 4) is 11.1 Å². The van der Waals surface area contributed by atoms with Crippen LogP contribution in [0, 0.1) is 11.2 Å². The molecule has 0 unspecified atom stereocenters. The molecule has 2 aromatic heterocycles. The molecule has 0 radical (unpaired) electrons. The lowest BCUT2D eigenvalue weighted by Gasteiger charge is -2.29. The molecule has 0 saturated heterocycles. The van der Waals surface area contributed by atoms with Gasteiger partial charge in [-0.15, -0.1) is 0 Å². The number of nitrogens with one attached hydrogen (secondary N) is 1. The quantitative estimate of drug-likeness (QED) is 0.328. The number of rotatable bonds is 6. The molecule has 0 aliphatic heterocycles. The van der Waals surface area contributed by atoms with E-state index in [0.717, 1.165) is 30.7 Å². The molecular formula is C25H26F7N3O2S. The number of sulfonamides is 1. The molecule has 0 amide bonds. The first-order valence-electron chi connectivity index (χ1n) is 11.8. The number of pyridine rings is 1. The minimum atomic E-state index is -5.07. The summed E-state index contributed by atoms with van der Waals surface area (Å²) in [5.74, 6) is -1.20. The van der Waals surface area contributed by atoms with Crippen LogP contribution in [-0.4, -0.2) is 29.4 Å². The zero-order chi connectivity index (χ0) is 28.3. The Morgan fingerprint density at radius 3 is 2.26 bits per heavy atom. The summed E-state index contributed by atoms with van der Waals surface area (Å²) in [4.78, 5) is 3.68. The molecule has 3 aromatic rings. The van der Waals surface area contributed by atoms with E-state index in [1.807, 2.05) is 0 Å². The van der Waals surface area contributed by atoms with Crippen molar-refractivity contribution >= 4 is 20.9 Å². The van der Waals surface area contributed by atoms with Gasteiger partial charge in [-0.1, -0.05) is 27.2 Å². The van der Waals surface area contributed by atoms with Crippen molar-refractivity contribution in [2.24, 2.45) is 5.41 Å². The van der Waals surface area contributed by atoms with Crippen LogP contribution < -0.4 is 4.72 Å². The van der Waals surface area contributed by atoms with Crippen LogP contribution >= 0.6 is 0 Å². The Balaban J connectivity index is 1.95. The van der Waals surface area contributed by atoms with Gasteiger partial charge in [-0.05, 0) is 36.5 Å². The third kappa shape index (κ3) is 5.68. The van der Waals surface area contributed by atoms with E-state index in [0.29, 0.717) is 12.5 Å². The summed E-state index contributed by atoms with van der Waals surface area (Å²) in [7, 11) is -4.34. The van der Waals surface area contributed by atoms with Crippen LogP contribution in [-0.2, 0) is 22.7 Å². The molecule has 4 rings (SSSR count). The van der Waals surface area contributed by atoms with Crippen molar-refractivity contribution < 1.29 is 39.2 Å². The molecule has 1 N–H and O–H groups in total. The highest BCUT2D eigenvalue weighted by Gasteiger charge is 2.47. The van der Waals surface area contributed by atoms with Crippen LogP contribution in [0.2, 0.25) is 0 Å². The Kier molecular flexibility index (Phi) is 7.09. The van der Waals surface area contributed by atoms with Crippen molar-refractivity contribution in [1.82, 2.24) is 14.3 Å². The van der Waals surface area contributed by atoms with E-state index in [2.05, 4.69) is 4.98 Å². The number of benzene rings is 1. The highest BCUT2D eigenvalue weighted by Crippen LogP contribution is 2.43. The maximum absolute atomic E-state index is 15.4. The summed E-state index contributed by atoms with van der Waals surface area (Å²) in [5, 5.41) is -1.21. The second-order valence-electron chi connectivity index (χ2n) is 10.7. The molecule has 1 aliphatic rings. The molecule has 0 bridgehead atoms. The van der Waals surface area contributed by atoms with E-state index in [1.54, 1.807) is 25.5 Å². The molecular weight excluding hydrogens is 539 g/mol. The number of aromatic nitrogens is 2. The Morgan fingerprint density at radius 2 is 1.74 bits per heavy atom. The molecule has 2 heterocycles. The molecule has 208 valence electrons. The largest absolute Gasteiger partial charge is 0.417 e. The molecule has 1 aliphatic carbocycles. The van der Waals surface area contributed by atoms with Gasteiger partial charge in [0, 0.05) is 52.7 Å². The van der Waals surface area contributed by atoms with Gasteiger partial charge < -0.3 is 4.57 Å². The number of alkyl halides is 6. The summed E-state index contributed by atoms with van der Waals surface area (Å²) in [6, 6.07) is -0.206. The fraction of sp³-hybridized carbons (Fsp3) is 0.480. The summed E-state index contributed by atoms with van der Waals surface area (Å²) >= 11 is 0. The molecule has 0 spiro atoms. The SMILES string of the molecule is CC(C)(C)Cn1cc([C@H](NS(=O)(=O)C2CCC2)C(F)(F)F)c2cc(F)c(-c3cnccc3C(F)(F)F)cc21. The third-order valence-corrected chi connectivity index (χ3v) is 8.39. The molecule has 5 nitrogen and oxygen atoms in total. The summed E-state index contributed by atoms with van der Waals surface area (Å²) in [6.07, 6.45) is -6.02. The number of hydrogen-bond acceptors (Lipinski definition) is 3. The number of hydrogen-bond donors (Lipinski definition) is 1. The van der Waals surface area contributed by atoms with Crippen molar-refractivity contribution in [3.63, 3.8) is 0 Å². The fourth-order valence-corrected chi connectivity index (χ4v) is 6.26. The normalized spacial score (nSPS) is 16.6. The van der Waals surface area contributed by atoms with Crippen LogP contribution in [0.15, 0.2) is 36.8 Å². The van der Waals surface area contributed by atoms with E-state index in [-0.39, 0.29) is 30.3 Å². The maximum Gasteiger partial charge on any atom is 0.417 e. The lowest BCUT2D eigenvalue weighted by molar-refractivity contribution is -0.152. The highest BCUT2D eigenvalue weighted by molar-refractivity contribution is 7.90. The number of halogens is 7. The van der Waals surface area contributed by atoms with Crippen LogP contribution in [0.4, 0.5) is 30.7 Å². The first-order chi connectivity index (χ1) is 17.4. The molecule has 38 heavy (non-hydrogen) atoms. The Bertz CT molecular complexity index is 1450. The predicted molar refractivity (Wildman–Crippen MR) is 128 cm³/mol. The Hall–Kier alpha value is -2.67. The van der Waals surface area contributed by atoms with Gasteiger partial charge in [0.15, 0.2) is 0 Å². The zero-order valence-corrected chi connectivity index (χ0v) is 21.5. The lowest BCUT2D eigenvalue weighted by Crippen LogP contribution is -2.44. The van der Waals surface area contributed by atoms with Gasteiger partial charge in [0.05, 0.1) is 10.8 Å². The topological polar surface area (TPSA) is 64.0 Å². The van der Waals surface area contributed by atoms with E-state index < -0.39 is 67.2 Å². The summed E-state index contributed by atoms with van der Waals surface area (Å²) in [6.45, 7) is 5.51. The van der Waals surface area contributed by atoms with Gasteiger partial charge in [0.1, 0.15) is 11.9 Å². The zero-order valence-electron chi connectivity index (χ0n) is 20.7. The van der Waals surface area contributed by atoms with E-state index in [9.17, 15) is 34.8 Å². The smallest absolute Gasteiger partial charge is 0.347 e. The highest BCUT2D eigenvalue weighted by atomic mass is 32.2. The van der Waals surface area contributed by atoms with Gasteiger partial charge in [-0.25, -0.2) is 12.8 Å². The monoisotopic (exact) mass is 565 g/mol. The average Bonchev–Trinajstić information content (AvgIpc) is 3.03. The van der Waals surface area contributed by atoms with Gasteiger partial charge in [0.2, 0.25) is 10.0 Å². The van der Waals surface area contributed by atoms with Crippen molar-refractivity contribution in [2.45, 2.75) is 70.2 Å². The summed E-state index contributed by atoms with van der Waals surface area (Å²) < 4.78 is 127. The second-order valence-corrected chi connectivity index (χ2v) is 12.7. The minimum Gasteiger partial charge on any atom is -0.347 e. The second kappa shape index (κ2) is 9.51. The number of nitrogens with zero attached hydrogens (tertiary/aromatic N) is 2. The van der Waals surface area contributed by atoms with Crippen molar-refractivity contribution in [1.29, 1.82) is 0 Å². The minimum absolute atomic E-state index is 0.0281. The molecule has 1 atom stereocenters. The van der Waals surface area contributed by atoms with Crippen LogP contribution in [0.1, 0.15) is 57.2 Å².